The smallest absolute Gasteiger partial charge is 0.134 e. The van der Waals surface area contributed by atoms with Gasteiger partial charge in [-0.1, -0.05) is 11.6 Å². The molecule has 0 heterocycles. The summed E-state index contributed by atoms with van der Waals surface area (Å²) in [6, 6.07) is 4.76. The van der Waals surface area contributed by atoms with Crippen LogP contribution in [0.15, 0.2) is 18.2 Å². The third kappa shape index (κ3) is 2.02. The average Bonchev–Trinajstić information content (AvgIpc) is 1.98. The van der Waals surface area contributed by atoms with Crippen LogP contribution in [-0.4, -0.2) is 11.7 Å². The van der Waals surface area contributed by atoms with Crippen molar-refractivity contribution in [3.05, 3.63) is 23.2 Å². The van der Waals surface area contributed by atoms with Gasteiger partial charge in [-0.3, -0.25) is 0 Å². The Kier molecular flexibility index (Phi) is 2.60. The standard InChI is InChI=1S/C8H9ClO2/c1-2-11-6-3-4-8(10)7(9)5-6/h3-5,10H,2H2,1H3. The predicted octanol–water partition coefficient (Wildman–Crippen LogP) is 2.44. The highest BCUT2D eigenvalue weighted by atomic mass is 35.5. The molecular formula is C8H9ClO2. The molecule has 0 aliphatic rings. The summed E-state index contributed by atoms with van der Waals surface area (Å²) < 4.78 is 5.15. The second-order valence-electron chi connectivity index (χ2n) is 2.05. The van der Waals surface area contributed by atoms with Crippen LogP contribution >= 0.6 is 11.6 Å². The molecule has 0 amide bonds. The van der Waals surface area contributed by atoms with Crippen molar-refractivity contribution in [3.8, 4) is 11.5 Å². The number of hydrogen-bond donors (Lipinski definition) is 1. The van der Waals surface area contributed by atoms with Gasteiger partial charge in [0, 0.05) is 6.07 Å². The number of ether oxygens (including phenoxy) is 1. The van der Waals surface area contributed by atoms with Crippen molar-refractivity contribution in [2.24, 2.45) is 0 Å². The molecule has 0 saturated carbocycles. The Bertz CT molecular complexity index is 248. The van der Waals surface area contributed by atoms with Crippen molar-refractivity contribution in [2.45, 2.75) is 6.92 Å². The van der Waals surface area contributed by atoms with E-state index in [4.69, 9.17) is 21.4 Å². The van der Waals surface area contributed by atoms with Gasteiger partial charge in [0.25, 0.3) is 0 Å². The van der Waals surface area contributed by atoms with Gasteiger partial charge in [-0.15, -0.1) is 0 Å². The van der Waals surface area contributed by atoms with Crippen LogP contribution in [0, 0.1) is 0 Å². The first-order valence-electron chi connectivity index (χ1n) is 3.35. The van der Waals surface area contributed by atoms with Crippen molar-refractivity contribution in [1.29, 1.82) is 0 Å². The summed E-state index contributed by atoms with van der Waals surface area (Å²) in [6.45, 7) is 2.49. The summed E-state index contributed by atoms with van der Waals surface area (Å²) in [7, 11) is 0. The first-order valence-corrected chi connectivity index (χ1v) is 3.73. The molecular weight excluding hydrogens is 164 g/mol. The van der Waals surface area contributed by atoms with E-state index in [1.807, 2.05) is 6.92 Å². The maximum Gasteiger partial charge on any atom is 0.134 e. The Labute approximate surface area is 70.4 Å². The van der Waals surface area contributed by atoms with Crippen LogP contribution in [0.2, 0.25) is 5.02 Å². The second kappa shape index (κ2) is 3.49. The summed E-state index contributed by atoms with van der Waals surface area (Å²) in [5.41, 5.74) is 0. The lowest BCUT2D eigenvalue weighted by molar-refractivity contribution is 0.339. The first-order chi connectivity index (χ1) is 5.24. The fourth-order valence-corrected chi connectivity index (χ4v) is 0.915. The van der Waals surface area contributed by atoms with E-state index in [-0.39, 0.29) is 5.75 Å². The molecule has 2 nitrogen and oxygen atoms in total. The molecule has 3 heteroatoms. The van der Waals surface area contributed by atoms with E-state index in [0.29, 0.717) is 17.4 Å². The minimum absolute atomic E-state index is 0.0788. The molecule has 60 valence electrons. The molecule has 0 aromatic heterocycles. The van der Waals surface area contributed by atoms with Crippen LogP contribution < -0.4 is 4.74 Å². The van der Waals surface area contributed by atoms with Crippen LogP contribution in [0.4, 0.5) is 0 Å². The van der Waals surface area contributed by atoms with Gasteiger partial charge in [0.1, 0.15) is 11.5 Å². The van der Waals surface area contributed by atoms with E-state index in [9.17, 15) is 0 Å². The van der Waals surface area contributed by atoms with Gasteiger partial charge in [-0.05, 0) is 19.1 Å². The van der Waals surface area contributed by atoms with Crippen LogP contribution in [0.5, 0.6) is 11.5 Å². The van der Waals surface area contributed by atoms with Gasteiger partial charge in [-0.25, -0.2) is 0 Å². The number of aromatic hydroxyl groups is 1. The Balaban J connectivity index is 2.86. The summed E-state index contributed by atoms with van der Waals surface area (Å²) in [5.74, 6) is 0.755. The minimum Gasteiger partial charge on any atom is -0.506 e. The lowest BCUT2D eigenvalue weighted by Gasteiger charge is -2.03. The fraction of sp³-hybridized carbons (Fsp3) is 0.250. The van der Waals surface area contributed by atoms with E-state index in [1.165, 1.54) is 6.07 Å². The van der Waals surface area contributed by atoms with Gasteiger partial charge in [0.15, 0.2) is 0 Å². The van der Waals surface area contributed by atoms with E-state index in [2.05, 4.69) is 0 Å². The molecule has 0 spiro atoms. The fourth-order valence-electron chi connectivity index (χ4n) is 0.744. The van der Waals surface area contributed by atoms with Gasteiger partial charge < -0.3 is 9.84 Å². The number of hydrogen-bond acceptors (Lipinski definition) is 2. The van der Waals surface area contributed by atoms with Crippen molar-refractivity contribution >= 4 is 11.6 Å². The highest BCUT2D eigenvalue weighted by molar-refractivity contribution is 6.32. The van der Waals surface area contributed by atoms with Crippen LogP contribution in [0.1, 0.15) is 6.92 Å². The molecule has 0 atom stereocenters. The average molecular weight is 173 g/mol. The maximum absolute atomic E-state index is 9.02. The third-order valence-electron chi connectivity index (χ3n) is 1.23. The molecule has 0 fully saturated rings. The highest BCUT2D eigenvalue weighted by Crippen LogP contribution is 2.27. The first kappa shape index (κ1) is 8.21. The van der Waals surface area contributed by atoms with Gasteiger partial charge in [0.05, 0.1) is 11.6 Å². The van der Waals surface area contributed by atoms with Gasteiger partial charge in [-0.2, -0.15) is 0 Å². The van der Waals surface area contributed by atoms with Crippen molar-refractivity contribution in [2.75, 3.05) is 6.61 Å². The monoisotopic (exact) mass is 172 g/mol. The van der Waals surface area contributed by atoms with E-state index in [0.717, 1.165) is 0 Å². The Morgan fingerprint density at radius 3 is 2.82 bits per heavy atom. The molecule has 1 aromatic carbocycles. The molecule has 1 rings (SSSR count). The normalized spacial score (nSPS) is 9.64. The van der Waals surface area contributed by atoms with Crippen molar-refractivity contribution < 1.29 is 9.84 Å². The zero-order chi connectivity index (χ0) is 8.27. The van der Waals surface area contributed by atoms with Crippen LogP contribution in [0.3, 0.4) is 0 Å². The molecule has 1 N–H and O–H groups in total. The van der Waals surface area contributed by atoms with E-state index in [1.54, 1.807) is 12.1 Å². The number of rotatable bonds is 2. The molecule has 0 bridgehead atoms. The minimum atomic E-state index is 0.0788. The van der Waals surface area contributed by atoms with Crippen molar-refractivity contribution in [1.82, 2.24) is 0 Å². The second-order valence-corrected chi connectivity index (χ2v) is 2.45. The highest BCUT2D eigenvalue weighted by Gasteiger charge is 1.98. The molecule has 0 radical (unpaired) electrons. The predicted molar refractivity (Wildman–Crippen MR) is 44.3 cm³/mol. The topological polar surface area (TPSA) is 29.5 Å². The lowest BCUT2D eigenvalue weighted by Crippen LogP contribution is -1.90. The summed E-state index contributed by atoms with van der Waals surface area (Å²) in [6.07, 6.45) is 0. The quantitative estimate of drug-likeness (QED) is 0.743. The number of halogens is 1. The Morgan fingerprint density at radius 1 is 1.55 bits per heavy atom. The van der Waals surface area contributed by atoms with Crippen LogP contribution in [-0.2, 0) is 0 Å². The Morgan fingerprint density at radius 2 is 2.27 bits per heavy atom. The SMILES string of the molecule is CCOc1ccc(O)c(Cl)c1. The largest absolute Gasteiger partial charge is 0.506 e. The molecule has 0 aliphatic carbocycles. The Hall–Kier alpha value is -0.890. The number of phenols is 1. The number of phenolic OH excluding ortho intramolecular Hbond substituents is 1. The zero-order valence-corrected chi connectivity index (χ0v) is 6.93. The van der Waals surface area contributed by atoms with Gasteiger partial charge in [0.2, 0.25) is 0 Å². The van der Waals surface area contributed by atoms with Crippen LogP contribution in [0.25, 0.3) is 0 Å². The summed E-state index contributed by atoms with van der Waals surface area (Å²) in [5, 5.41) is 9.34. The van der Waals surface area contributed by atoms with Crippen molar-refractivity contribution in [3.63, 3.8) is 0 Å². The summed E-state index contributed by atoms with van der Waals surface area (Å²) >= 11 is 5.62. The maximum atomic E-state index is 9.02. The van der Waals surface area contributed by atoms with Gasteiger partial charge >= 0.3 is 0 Å². The lowest BCUT2D eigenvalue weighted by atomic mass is 10.3. The van der Waals surface area contributed by atoms with E-state index < -0.39 is 0 Å². The molecule has 0 unspecified atom stereocenters. The summed E-state index contributed by atoms with van der Waals surface area (Å²) in [4.78, 5) is 0. The zero-order valence-electron chi connectivity index (χ0n) is 6.17. The molecule has 0 saturated heterocycles. The van der Waals surface area contributed by atoms with E-state index >= 15 is 0 Å². The molecule has 1 aromatic rings. The molecule has 0 aliphatic heterocycles. The third-order valence-corrected chi connectivity index (χ3v) is 1.53. The number of benzene rings is 1. The molecule has 11 heavy (non-hydrogen) atoms.